The molecule has 0 aliphatic carbocycles. The van der Waals surface area contributed by atoms with Gasteiger partial charge in [-0.25, -0.2) is 0 Å². The van der Waals surface area contributed by atoms with Crippen LogP contribution in [0.1, 0.15) is 15.9 Å². The number of hydrogen-bond donors (Lipinski definition) is 1. The molecule has 0 atom stereocenters. The molecular weight excluding hydrogens is 484 g/mol. The molecule has 1 aromatic heterocycles. The standard InChI is InChI=1S/C26H25ClN4O3S/c1-33-13-12-28-25(32)20-8-3-6-18(14-20)17-35-26-30-29-24(19-7-4-11-23(15-19)34-2)31(26)22-10-5-9-21(27)16-22/h3-11,14-16H,12-13,17H2,1-2H3,(H,28,32). The summed E-state index contributed by atoms with van der Waals surface area (Å²) < 4.78 is 12.4. The van der Waals surface area contributed by atoms with Gasteiger partial charge in [0.05, 0.1) is 19.4 Å². The van der Waals surface area contributed by atoms with Gasteiger partial charge in [-0.2, -0.15) is 0 Å². The number of carbonyl (C=O) groups is 1. The Labute approximate surface area is 213 Å². The van der Waals surface area contributed by atoms with E-state index in [1.807, 2.05) is 71.3 Å². The smallest absolute Gasteiger partial charge is 0.251 e. The van der Waals surface area contributed by atoms with Gasteiger partial charge in [0.15, 0.2) is 11.0 Å². The topological polar surface area (TPSA) is 78.3 Å². The Morgan fingerprint density at radius 1 is 1.03 bits per heavy atom. The number of aromatic nitrogens is 3. The Kier molecular flexibility index (Phi) is 8.41. The second-order valence-corrected chi connectivity index (χ2v) is 8.97. The van der Waals surface area contributed by atoms with Crippen molar-refractivity contribution in [1.82, 2.24) is 20.1 Å². The fourth-order valence-corrected chi connectivity index (χ4v) is 4.56. The molecule has 3 aromatic carbocycles. The first-order valence-corrected chi connectivity index (χ1v) is 12.3. The summed E-state index contributed by atoms with van der Waals surface area (Å²) >= 11 is 7.83. The maximum Gasteiger partial charge on any atom is 0.251 e. The summed E-state index contributed by atoms with van der Waals surface area (Å²) in [5, 5.41) is 13.1. The minimum absolute atomic E-state index is 0.128. The summed E-state index contributed by atoms with van der Waals surface area (Å²) in [6, 6.07) is 22.8. The lowest BCUT2D eigenvalue weighted by atomic mass is 10.1. The quantitative estimate of drug-likeness (QED) is 0.232. The largest absolute Gasteiger partial charge is 0.497 e. The van der Waals surface area contributed by atoms with Crippen molar-refractivity contribution >= 4 is 29.3 Å². The second kappa shape index (κ2) is 11.9. The molecule has 0 saturated carbocycles. The highest BCUT2D eigenvalue weighted by Gasteiger charge is 2.17. The molecule has 4 rings (SSSR count). The molecule has 1 N–H and O–H groups in total. The molecule has 1 amide bonds. The highest BCUT2D eigenvalue weighted by molar-refractivity contribution is 7.98. The van der Waals surface area contributed by atoms with Crippen LogP contribution in [0.3, 0.4) is 0 Å². The molecular formula is C26H25ClN4O3S. The molecule has 180 valence electrons. The molecule has 7 nitrogen and oxygen atoms in total. The molecule has 0 bridgehead atoms. The van der Waals surface area contributed by atoms with Crippen molar-refractivity contribution in [3.8, 4) is 22.8 Å². The van der Waals surface area contributed by atoms with Gasteiger partial charge in [-0.05, 0) is 48.0 Å². The van der Waals surface area contributed by atoms with E-state index in [0.29, 0.717) is 40.5 Å². The van der Waals surface area contributed by atoms with Crippen molar-refractivity contribution in [1.29, 1.82) is 0 Å². The third kappa shape index (κ3) is 6.22. The van der Waals surface area contributed by atoms with E-state index in [0.717, 1.165) is 22.6 Å². The lowest BCUT2D eigenvalue weighted by Gasteiger charge is -2.12. The lowest BCUT2D eigenvalue weighted by molar-refractivity contribution is 0.0937. The lowest BCUT2D eigenvalue weighted by Crippen LogP contribution is -2.26. The third-order valence-electron chi connectivity index (χ3n) is 5.18. The third-order valence-corrected chi connectivity index (χ3v) is 6.41. The number of nitrogens with one attached hydrogen (secondary N) is 1. The first-order valence-electron chi connectivity index (χ1n) is 10.9. The predicted molar refractivity (Wildman–Crippen MR) is 139 cm³/mol. The molecule has 0 spiro atoms. The molecule has 0 fully saturated rings. The van der Waals surface area contributed by atoms with Gasteiger partial charge in [-0.3, -0.25) is 9.36 Å². The summed E-state index contributed by atoms with van der Waals surface area (Å²) in [5.74, 6) is 1.89. The molecule has 4 aromatic rings. The monoisotopic (exact) mass is 508 g/mol. The van der Waals surface area contributed by atoms with Crippen LogP contribution in [0, 0.1) is 0 Å². The summed E-state index contributed by atoms with van der Waals surface area (Å²) in [6.45, 7) is 0.931. The molecule has 0 saturated heterocycles. The Hall–Kier alpha value is -3.33. The van der Waals surface area contributed by atoms with Crippen LogP contribution in [0.4, 0.5) is 0 Å². The van der Waals surface area contributed by atoms with Crippen LogP contribution in [-0.2, 0) is 10.5 Å². The van der Waals surface area contributed by atoms with Crippen LogP contribution in [0.2, 0.25) is 5.02 Å². The van der Waals surface area contributed by atoms with E-state index in [9.17, 15) is 4.79 Å². The van der Waals surface area contributed by atoms with Crippen LogP contribution in [0.5, 0.6) is 5.75 Å². The first-order chi connectivity index (χ1) is 17.1. The van der Waals surface area contributed by atoms with E-state index in [4.69, 9.17) is 21.1 Å². The number of rotatable bonds is 10. The zero-order valence-corrected chi connectivity index (χ0v) is 21.0. The molecule has 0 radical (unpaired) electrons. The summed E-state index contributed by atoms with van der Waals surface area (Å²) in [4.78, 5) is 12.4. The number of thioether (sulfide) groups is 1. The zero-order valence-electron chi connectivity index (χ0n) is 19.4. The summed E-state index contributed by atoms with van der Waals surface area (Å²) in [5.41, 5.74) is 3.33. The molecule has 35 heavy (non-hydrogen) atoms. The average molecular weight is 509 g/mol. The number of hydrogen-bond acceptors (Lipinski definition) is 6. The van der Waals surface area contributed by atoms with E-state index in [2.05, 4.69) is 15.5 Å². The van der Waals surface area contributed by atoms with E-state index >= 15 is 0 Å². The Bertz CT molecular complexity index is 1310. The fraction of sp³-hybridized carbons (Fsp3) is 0.192. The highest BCUT2D eigenvalue weighted by Crippen LogP contribution is 2.32. The zero-order chi connectivity index (χ0) is 24.6. The number of ether oxygens (including phenoxy) is 2. The number of carbonyl (C=O) groups excluding carboxylic acids is 1. The van der Waals surface area contributed by atoms with E-state index < -0.39 is 0 Å². The minimum atomic E-state index is -0.128. The van der Waals surface area contributed by atoms with Crippen LogP contribution in [0.25, 0.3) is 17.1 Å². The Balaban J connectivity index is 1.61. The van der Waals surface area contributed by atoms with Crippen LogP contribution in [-0.4, -0.2) is 48.0 Å². The van der Waals surface area contributed by atoms with E-state index in [1.54, 1.807) is 20.3 Å². The molecule has 1 heterocycles. The van der Waals surface area contributed by atoms with E-state index in [1.165, 1.54) is 11.8 Å². The number of amides is 1. The maximum absolute atomic E-state index is 12.4. The van der Waals surface area contributed by atoms with Gasteiger partial charge in [0.2, 0.25) is 0 Å². The van der Waals surface area contributed by atoms with Crippen LogP contribution >= 0.6 is 23.4 Å². The predicted octanol–water partition coefficient (Wildman–Crippen LogP) is 5.26. The number of benzene rings is 3. The van der Waals surface area contributed by atoms with E-state index in [-0.39, 0.29) is 5.91 Å². The average Bonchev–Trinajstić information content (AvgIpc) is 3.32. The highest BCUT2D eigenvalue weighted by atomic mass is 35.5. The first kappa shape index (κ1) is 24.8. The Morgan fingerprint density at radius 2 is 1.86 bits per heavy atom. The van der Waals surface area contributed by atoms with Crippen molar-refractivity contribution in [2.75, 3.05) is 27.4 Å². The minimum Gasteiger partial charge on any atom is -0.497 e. The van der Waals surface area contributed by atoms with Gasteiger partial charge in [0.25, 0.3) is 5.91 Å². The van der Waals surface area contributed by atoms with Gasteiger partial charge >= 0.3 is 0 Å². The van der Waals surface area contributed by atoms with Crippen molar-refractivity contribution in [2.45, 2.75) is 10.9 Å². The van der Waals surface area contributed by atoms with Crippen LogP contribution in [0.15, 0.2) is 78.0 Å². The normalized spacial score (nSPS) is 10.8. The van der Waals surface area contributed by atoms with Crippen molar-refractivity contribution in [2.24, 2.45) is 0 Å². The molecule has 0 aliphatic heterocycles. The fourth-order valence-electron chi connectivity index (χ4n) is 3.48. The SMILES string of the molecule is COCCNC(=O)c1cccc(CSc2nnc(-c3cccc(OC)c3)n2-c2cccc(Cl)c2)c1. The van der Waals surface area contributed by atoms with Crippen LogP contribution < -0.4 is 10.1 Å². The van der Waals surface area contributed by atoms with Gasteiger partial charge in [0, 0.05) is 35.6 Å². The Morgan fingerprint density at radius 3 is 2.66 bits per heavy atom. The maximum atomic E-state index is 12.4. The van der Waals surface area contributed by atoms with Gasteiger partial charge in [0.1, 0.15) is 5.75 Å². The number of methoxy groups -OCH3 is 2. The second-order valence-electron chi connectivity index (χ2n) is 7.59. The summed E-state index contributed by atoms with van der Waals surface area (Å²) in [6.07, 6.45) is 0. The number of nitrogens with zero attached hydrogens (tertiary/aromatic N) is 3. The van der Waals surface area contributed by atoms with Gasteiger partial charge in [-0.1, -0.05) is 53.7 Å². The molecule has 9 heteroatoms. The van der Waals surface area contributed by atoms with Crippen molar-refractivity contribution in [3.05, 3.63) is 88.9 Å². The summed E-state index contributed by atoms with van der Waals surface area (Å²) in [7, 11) is 3.24. The molecule has 0 aliphatic rings. The van der Waals surface area contributed by atoms with Gasteiger partial charge < -0.3 is 14.8 Å². The number of halogens is 1. The molecule has 0 unspecified atom stereocenters. The van der Waals surface area contributed by atoms with Gasteiger partial charge in [-0.15, -0.1) is 10.2 Å². The van der Waals surface area contributed by atoms with Crippen molar-refractivity contribution < 1.29 is 14.3 Å². The van der Waals surface area contributed by atoms with Crippen molar-refractivity contribution in [3.63, 3.8) is 0 Å².